The lowest BCUT2D eigenvalue weighted by atomic mass is 9.82. The highest BCUT2D eigenvalue weighted by molar-refractivity contribution is 5.68. The van der Waals surface area contributed by atoms with Crippen molar-refractivity contribution in [2.75, 3.05) is 6.54 Å². The Labute approximate surface area is 118 Å². The van der Waals surface area contributed by atoms with Crippen molar-refractivity contribution in [3.8, 4) is 0 Å². The molecule has 20 heavy (non-hydrogen) atoms. The van der Waals surface area contributed by atoms with Gasteiger partial charge in [-0.15, -0.1) is 0 Å². The molecule has 2 aromatic rings. The zero-order valence-corrected chi connectivity index (χ0v) is 11.1. The number of rotatable bonds is 3. The molecule has 0 saturated carbocycles. The molecule has 2 N–H and O–H groups in total. The lowest BCUT2D eigenvalue weighted by molar-refractivity contribution is -0.137. The summed E-state index contributed by atoms with van der Waals surface area (Å²) in [5.74, 6) is -0.479. The van der Waals surface area contributed by atoms with Crippen LogP contribution in [0.5, 0.6) is 0 Å². The van der Waals surface area contributed by atoms with Crippen molar-refractivity contribution in [2.24, 2.45) is 0 Å². The fourth-order valence-electron chi connectivity index (χ4n) is 2.97. The maximum atomic E-state index is 11.0. The van der Waals surface area contributed by atoms with Crippen LogP contribution in [0.2, 0.25) is 0 Å². The van der Waals surface area contributed by atoms with Crippen LogP contribution in [-0.4, -0.2) is 17.6 Å². The summed E-state index contributed by atoms with van der Waals surface area (Å²) in [6.45, 7) is 0.777. The predicted octanol–water partition coefficient (Wildman–Crippen LogP) is 2.94. The Morgan fingerprint density at radius 2 is 1.70 bits per heavy atom. The molecular weight excluding hydrogens is 250 g/mol. The molecule has 1 aliphatic rings. The van der Waals surface area contributed by atoms with Crippen molar-refractivity contribution >= 4 is 5.97 Å². The molecule has 1 heterocycles. The number of hydrogen-bond donors (Lipinski definition) is 2. The molecule has 0 radical (unpaired) electrons. The molecule has 0 fully saturated rings. The van der Waals surface area contributed by atoms with Gasteiger partial charge in [0.15, 0.2) is 0 Å². The number of benzene rings is 2. The van der Waals surface area contributed by atoms with E-state index in [0.717, 1.165) is 12.1 Å². The Balaban J connectivity index is 1.99. The van der Waals surface area contributed by atoms with E-state index in [9.17, 15) is 4.79 Å². The number of carboxylic acid groups (broad SMARTS) is 1. The molecule has 1 aliphatic heterocycles. The van der Waals surface area contributed by atoms with Gasteiger partial charge in [-0.25, -0.2) is 0 Å². The first kappa shape index (κ1) is 12.9. The first-order valence-corrected chi connectivity index (χ1v) is 6.84. The third kappa shape index (κ3) is 2.45. The number of carbonyl (C=O) groups is 1. The Morgan fingerprint density at radius 3 is 2.40 bits per heavy atom. The first-order valence-electron chi connectivity index (χ1n) is 6.84. The third-order valence-corrected chi connectivity index (χ3v) is 3.90. The molecule has 3 rings (SSSR count). The van der Waals surface area contributed by atoms with E-state index in [4.69, 9.17) is 5.11 Å². The van der Waals surface area contributed by atoms with E-state index in [1.165, 1.54) is 11.1 Å². The van der Waals surface area contributed by atoms with E-state index < -0.39 is 5.97 Å². The second-order valence-corrected chi connectivity index (χ2v) is 5.15. The van der Waals surface area contributed by atoms with E-state index >= 15 is 0 Å². The topological polar surface area (TPSA) is 49.3 Å². The van der Waals surface area contributed by atoms with Gasteiger partial charge in [-0.05, 0) is 16.7 Å². The van der Waals surface area contributed by atoms with E-state index in [2.05, 4.69) is 23.5 Å². The summed E-state index contributed by atoms with van der Waals surface area (Å²) in [6.07, 6.45) is 0.124. The maximum Gasteiger partial charge on any atom is 0.305 e. The van der Waals surface area contributed by atoms with Gasteiger partial charge in [-0.1, -0.05) is 54.6 Å². The Hall–Kier alpha value is -2.13. The SMILES string of the molecule is O=C(O)CC1NCC(c2ccccc2)c2ccccc21. The average Bonchev–Trinajstić information content (AvgIpc) is 2.48. The predicted molar refractivity (Wildman–Crippen MR) is 77.7 cm³/mol. The van der Waals surface area contributed by atoms with Gasteiger partial charge in [0.25, 0.3) is 0 Å². The standard InChI is InChI=1S/C17H17NO2/c19-17(20)10-16-14-9-5-4-8-13(14)15(11-18-16)12-6-2-1-3-7-12/h1-9,15-16,18H,10-11H2,(H,19,20). The molecule has 2 atom stereocenters. The monoisotopic (exact) mass is 267 g/mol. The van der Waals surface area contributed by atoms with Crippen molar-refractivity contribution in [3.63, 3.8) is 0 Å². The van der Waals surface area contributed by atoms with E-state index in [-0.39, 0.29) is 18.4 Å². The normalized spacial score (nSPS) is 21.2. The zero-order chi connectivity index (χ0) is 13.9. The van der Waals surface area contributed by atoms with E-state index in [1.807, 2.05) is 36.4 Å². The van der Waals surface area contributed by atoms with Crippen molar-refractivity contribution in [2.45, 2.75) is 18.4 Å². The van der Waals surface area contributed by atoms with Crippen LogP contribution in [0.25, 0.3) is 0 Å². The van der Waals surface area contributed by atoms with Crippen molar-refractivity contribution < 1.29 is 9.90 Å². The van der Waals surface area contributed by atoms with Gasteiger partial charge < -0.3 is 10.4 Å². The summed E-state index contributed by atoms with van der Waals surface area (Å²) in [4.78, 5) is 11.0. The van der Waals surface area contributed by atoms with Crippen LogP contribution in [0.4, 0.5) is 0 Å². The van der Waals surface area contributed by atoms with Gasteiger partial charge in [0.1, 0.15) is 0 Å². The van der Waals surface area contributed by atoms with Crippen molar-refractivity contribution in [3.05, 3.63) is 71.3 Å². The van der Waals surface area contributed by atoms with Crippen molar-refractivity contribution in [1.82, 2.24) is 5.32 Å². The van der Waals surface area contributed by atoms with Crippen LogP contribution < -0.4 is 5.32 Å². The summed E-state index contributed by atoms with van der Waals surface area (Å²) in [7, 11) is 0. The molecule has 0 saturated heterocycles. The van der Waals surface area contributed by atoms with Crippen LogP contribution in [0.3, 0.4) is 0 Å². The first-order chi connectivity index (χ1) is 9.75. The minimum Gasteiger partial charge on any atom is -0.481 e. The number of carboxylic acids is 1. The largest absolute Gasteiger partial charge is 0.481 e. The lowest BCUT2D eigenvalue weighted by Gasteiger charge is -2.32. The van der Waals surface area contributed by atoms with Crippen LogP contribution in [-0.2, 0) is 4.79 Å². The molecule has 3 heteroatoms. The fourth-order valence-corrected chi connectivity index (χ4v) is 2.97. The smallest absolute Gasteiger partial charge is 0.305 e. The van der Waals surface area contributed by atoms with Gasteiger partial charge in [-0.2, -0.15) is 0 Å². The van der Waals surface area contributed by atoms with Crippen molar-refractivity contribution in [1.29, 1.82) is 0 Å². The summed E-state index contributed by atoms with van der Waals surface area (Å²) in [6, 6.07) is 18.4. The highest BCUT2D eigenvalue weighted by Gasteiger charge is 2.28. The molecular formula is C17H17NO2. The minimum absolute atomic E-state index is 0.0938. The van der Waals surface area contributed by atoms with Gasteiger partial charge in [-0.3, -0.25) is 4.79 Å². The van der Waals surface area contributed by atoms with Gasteiger partial charge in [0.2, 0.25) is 0 Å². The quantitative estimate of drug-likeness (QED) is 0.899. The molecule has 3 nitrogen and oxygen atoms in total. The number of hydrogen-bond acceptors (Lipinski definition) is 2. The maximum absolute atomic E-state index is 11.0. The third-order valence-electron chi connectivity index (χ3n) is 3.90. The zero-order valence-electron chi connectivity index (χ0n) is 11.1. The van der Waals surface area contributed by atoms with Crippen LogP contribution in [0.15, 0.2) is 54.6 Å². The summed E-state index contributed by atoms with van der Waals surface area (Å²) in [5, 5.41) is 12.4. The van der Waals surface area contributed by atoms with E-state index in [0.29, 0.717) is 0 Å². The molecule has 0 spiro atoms. The number of nitrogens with one attached hydrogen (secondary N) is 1. The number of aliphatic carboxylic acids is 1. The summed E-state index contributed by atoms with van der Waals surface area (Å²) < 4.78 is 0. The lowest BCUT2D eigenvalue weighted by Crippen LogP contribution is -2.34. The number of fused-ring (bicyclic) bond motifs is 1. The highest BCUT2D eigenvalue weighted by atomic mass is 16.4. The van der Waals surface area contributed by atoms with E-state index in [1.54, 1.807) is 0 Å². The van der Waals surface area contributed by atoms with Gasteiger partial charge >= 0.3 is 5.97 Å². The second-order valence-electron chi connectivity index (χ2n) is 5.15. The Bertz CT molecular complexity index is 609. The highest BCUT2D eigenvalue weighted by Crippen LogP contribution is 2.35. The van der Waals surface area contributed by atoms with Crippen LogP contribution in [0, 0.1) is 0 Å². The molecule has 0 bridgehead atoms. The molecule has 0 aliphatic carbocycles. The molecule has 0 amide bonds. The molecule has 2 aromatic carbocycles. The van der Waals surface area contributed by atoms with Crippen LogP contribution in [0.1, 0.15) is 35.1 Å². The average molecular weight is 267 g/mol. The van der Waals surface area contributed by atoms with Crippen LogP contribution >= 0.6 is 0 Å². The Kier molecular flexibility index (Phi) is 3.52. The molecule has 2 unspecified atom stereocenters. The fraction of sp³-hybridized carbons (Fsp3) is 0.235. The Morgan fingerprint density at radius 1 is 1.05 bits per heavy atom. The molecule has 0 aromatic heterocycles. The summed E-state index contributed by atoms with van der Waals surface area (Å²) in [5.41, 5.74) is 3.61. The molecule has 102 valence electrons. The van der Waals surface area contributed by atoms with Gasteiger partial charge in [0.05, 0.1) is 6.42 Å². The summed E-state index contributed by atoms with van der Waals surface area (Å²) >= 11 is 0. The minimum atomic E-state index is -0.768. The van der Waals surface area contributed by atoms with Gasteiger partial charge in [0, 0.05) is 18.5 Å². The second kappa shape index (κ2) is 5.47.